The van der Waals surface area contributed by atoms with Crippen LogP contribution in [0.5, 0.6) is 5.75 Å². The second kappa shape index (κ2) is 6.61. The molecule has 2 aliphatic carbocycles. The van der Waals surface area contributed by atoms with Crippen molar-refractivity contribution in [3.8, 4) is 5.75 Å². The van der Waals surface area contributed by atoms with Gasteiger partial charge in [0, 0.05) is 30.5 Å². The fraction of sp³-hybridized carbons (Fsp3) is 0.591. The molecule has 3 fully saturated rings. The Balaban J connectivity index is 1.42. The molecule has 1 atom stereocenters. The Morgan fingerprint density at radius 3 is 2.75 bits per heavy atom. The zero-order valence-electron chi connectivity index (χ0n) is 16.7. The average Bonchev–Trinajstić information content (AvgIpc) is 3.12. The van der Waals surface area contributed by atoms with Crippen LogP contribution in [0.3, 0.4) is 0 Å². The maximum absolute atomic E-state index is 13.3. The van der Waals surface area contributed by atoms with E-state index in [0.717, 1.165) is 41.6 Å². The highest BCUT2D eigenvalue weighted by atomic mass is 16.5. The van der Waals surface area contributed by atoms with Crippen LogP contribution in [0.2, 0.25) is 0 Å². The van der Waals surface area contributed by atoms with Crippen LogP contribution in [0, 0.1) is 12.3 Å². The van der Waals surface area contributed by atoms with Crippen molar-refractivity contribution in [3.63, 3.8) is 0 Å². The van der Waals surface area contributed by atoms with Crippen molar-refractivity contribution in [1.29, 1.82) is 0 Å². The minimum atomic E-state index is 0.121. The van der Waals surface area contributed by atoms with Crippen LogP contribution in [0.1, 0.15) is 77.9 Å². The van der Waals surface area contributed by atoms with E-state index < -0.39 is 0 Å². The first-order valence-corrected chi connectivity index (χ1v) is 10.5. The normalized spacial score (nSPS) is 23.5. The fourth-order valence-electron chi connectivity index (χ4n) is 5.23. The van der Waals surface area contributed by atoms with Gasteiger partial charge in [0.1, 0.15) is 11.6 Å². The van der Waals surface area contributed by atoms with Crippen molar-refractivity contribution in [2.75, 3.05) is 20.2 Å². The van der Waals surface area contributed by atoms with Crippen LogP contribution in [0.25, 0.3) is 0 Å². The SMILES string of the molecule is COc1ccc(C(=O)N2CC(c3nc(C4CC4)n[nH]3)C3(CCCC3)C2)c(C)c1. The smallest absolute Gasteiger partial charge is 0.254 e. The second-order valence-corrected chi connectivity index (χ2v) is 8.84. The molecule has 6 heteroatoms. The van der Waals surface area contributed by atoms with E-state index in [1.54, 1.807) is 7.11 Å². The summed E-state index contributed by atoms with van der Waals surface area (Å²) in [6.45, 7) is 3.53. The zero-order chi connectivity index (χ0) is 19.3. The Labute approximate surface area is 165 Å². The first kappa shape index (κ1) is 17.7. The third-order valence-electron chi connectivity index (χ3n) is 6.99. The van der Waals surface area contributed by atoms with Gasteiger partial charge < -0.3 is 9.64 Å². The molecule has 1 aliphatic heterocycles. The lowest BCUT2D eigenvalue weighted by molar-refractivity contribution is 0.0772. The molecule has 148 valence electrons. The predicted octanol–water partition coefficient (Wildman–Crippen LogP) is 3.80. The molecular weight excluding hydrogens is 352 g/mol. The number of amides is 1. The summed E-state index contributed by atoms with van der Waals surface area (Å²) in [4.78, 5) is 20.3. The number of carbonyl (C=O) groups is 1. The summed E-state index contributed by atoms with van der Waals surface area (Å²) >= 11 is 0. The van der Waals surface area contributed by atoms with Gasteiger partial charge in [-0.15, -0.1) is 0 Å². The van der Waals surface area contributed by atoms with Gasteiger partial charge in [0.05, 0.1) is 7.11 Å². The molecule has 1 aromatic carbocycles. The number of carbonyl (C=O) groups excluding carboxylic acids is 1. The molecule has 0 radical (unpaired) electrons. The van der Waals surface area contributed by atoms with Crippen molar-refractivity contribution in [2.24, 2.45) is 5.41 Å². The highest BCUT2D eigenvalue weighted by molar-refractivity contribution is 5.96. The van der Waals surface area contributed by atoms with Crippen molar-refractivity contribution >= 4 is 5.91 Å². The Morgan fingerprint density at radius 1 is 1.29 bits per heavy atom. The number of nitrogens with zero attached hydrogens (tertiary/aromatic N) is 3. The monoisotopic (exact) mass is 380 g/mol. The molecule has 3 aliphatic rings. The van der Waals surface area contributed by atoms with Crippen LogP contribution in [-0.4, -0.2) is 46.2 Å². The molecule has 2 saturated carbocycles. The fourth-order valence-corrected chi connectivity index (χ4v) is 5.23. The Morgan fingerprint density at radius 2 is 2.07 bits per heavy atom. The molecule has 1 aromatic heterocycles. The number of H-pyrrole nitrogens is 1. The summed E-state index contributed by atoms with van der Waals surface area (Å²) < 4.78 is 5.29. The van der Waals surface area contributed by atoms with E-state index in [2.05, 4.69) is 10.2 Å². The van der Waals surface area contributed by atoms with Crippen molar-refractivity contribution in [3.05, 3.63) is 41.0 Å². The van der Waals surface area contributed by atoms with Crippen LogP contribution in [0.4, 0.5) is 0 Å². The number of hydrogen-bond donors (Lipinski definition) is 1. The second-order valence-electron chi connectivity index (χ2n) is 8.84. The molecule has 28 heavy (non-hydrogen) atoms. The molecule has 1 N–H and O–H groups in total. The average molecular weight is 380 g/mol. The largest absolute Gasteiger partial charge is 0.497 e. The van der Waals surface area contributed by atoms with Crippen molar-refractivity contribution < 1.29 is 9.53 Å². The van der Waals surface area contributed by atoms with Crippen molar-refractivity contribution in [2.45, 2.75) is 57.3 Å². The van der Waals surface area contributed by atoms with Gasteiger partial charge in [-0.25, -0.2) is 4.98 Å². The minimum Gasteiger partial charge on any atom is -0.497 e. The van der Waals surface area contributed by atoms with Crippen LogP contribution >= 0.6 is 0 Å². The van der Waals surface area contributed by atoms with Gasteiger partial charge in [0.15, 0.2) is 5.82 Å². The van der Waals surface area contributed by atoms with Gasteiger partial charge in [0.25, 0.3) is 5.91 Å². The van der Waals surface area contributed by atoms with E-state index in [4.69, 9.17) is 9.72 Å². The number of likely N-dealkylation sites (tertiary alicyclic amines) is 1. The van der Waals surface area contributed by atoms with E-state index in [-0.39, 0.29) is 17.2 Å². The van der Waals surface area contributed by atoms with E-state index in [1.807, 2.05) is 30.0 Å². The first-order chi connectivity index (χ1) is 13.6. The van der Waals surface area contributed by atoms with Crippen LogP contribution < -0.4 is 4.74 Å². The number of methoxy groups -OCH3 is 1. The number of hydrogen-bond acceptors (Lipinski definition) is 4. The molecule has 2 aromatic rings. The summed E-state index contributed by atoms with van der Waals surface area (Å²) in [7, 11) is 1.65. The summed E-state index contributed by atoms with van der Waals surface area (Å²) in [6, 6.07) is 5.70. The first-order valence-electron chi connectivity index (χ1n) is 10.5. The predicted molar refractivity (Wildman–Crippen MR) is 106 cm³/mol. The van der Waals surface area contributed by atoms with Gasteiger partial charge >= 0.3 is 0 Å². The highest BCUT2D eigenvalue weighted by Gasteiger charge is 2.51. The third kappa shape index (κ3) is 2.90. The standard InChI is InChI=1S/C22H28N4O2/c1-14-11-16(28-2)7-8-17(14)21(27)26-12-18(22(13-26)9-3-4-10-22)20-23-19(24-25-20)15-5-6-15/h7-8,11,15,18H,3-6,9-10,12-13H2,1-2H3,(H,23,24,25). The summed E-state index contributed by atoms with van der Waals surface area (Å²) in [5, 5.41) is 7.72. The molecule has 6 nitrogen and oxygen atoms in total. The quantitative estimate of drug-likeness (QED) is 0.876. The number of aromatic nitrogens is 3. The number of benzene rings is 1. The summed E-state index contributed by atoms with van der Waals surface area (Å²) in [5.74, 6) is 3.68. The molecule has 1 amide bonds. The highest BCUT2D eigenvalue weighted by Crippen LogP contribution is 2.53. The van der Waals surface area contributed by atoms with E-state index in [9.17, 15) is 4.79 Å². The number of nitrogens with one attached hydrogen (secondary N) is 1. The number of aromatic amines is 1. The van der Waals surface area contributed by atoms with Crippen molar-refractivity contribution in [1.82, 2.24) is 20.1 Å². The van der Waals surface area contributed by atoms with Gasteiger partial charge in [-0.2, -0.15) is 5.10 Å². The molecule has 1 unspecified atom stereocenters. The van der Waals surface area contributed by atoms with Gasteiger partial charge in [0.2, 0.25) is 0 Å². The van der Waals surface area contributed by atoms with Gasteiger partial charge in [-0.3, -0.25) is 9.89 Å². The van der Waals surface area contributed by atoms with E-state index in [0.29, 0.717) is 5.92 Å². The lowest BCUT2D eigenvalue weighted by atomic mass is 9.76. The topological polar surface area (TPSA) is 71.1 Å². The third-order valence-corrected chi connectivity index (χ3v) is 6.99. The Kier molecular flexibility index (Phi) is 4.18. The molecule has 5 rings (SSSR count). The van der Waals surface area contributed by atoms with E-state index >= 15 is 0 Å². The molecule has 0 bridgehead atoms. The molecule has 1 saturated heterocycles. The van der Waals surface area contributed by atoms with Gasteiger partial charge in [-0.1, -0.05) is 12.8 Å². The van der Waals surface area contributed by atoms with Crippen LogP contribution in [-0.2, 0) is 0 Å². The van der Waals surface area contributed by atoms with Crippen LogP contribution in [0.15, 0.2) is 18.2 Å². The lowest BCUT2D eigenvalue weighted by Crippen LogP contribution is -2.31. The summed E-state index contributed by atoms with van der Waals surface area (Å²) in [5.41, 5.74) is 1.88. The van der Waals surface area contributed by atoms with E-state index in [1.165, 1.54) is 38.5 Å². The molecular formula is C22H28N4O2. The molecule has 2 heterocycles. The lowest BCUT2D eigenvalue weighted by Gasteiger charge is -2.28. The number of ether oxygens (including phenoxy) is 1. The van der Waals surface area contributed by atoms with Gasteiger partial charge in [-0.05, 0) is 61.8 Å². The maximum atomic E-state index is 13.3. The number of rotatable bonds is 4. The Hall–Kier alpha value is -2.37. The minimum absolute atomic E-state index is 0.121. The zero-order valence-corrected chi connectivity index (χ0v) is 16.7. The Bertz CT molecular complexity index is 896. The molecule has 1 spiro atoms. The summed E-state index contributed by atoms with van der Waals surface area (Å²) in [6.07, 6.45) is 7.22. The maximum Gasteiger partial charge on any atom is 0.254 e. The number of aryl methyl sites for hydroxylation is 1.